The van der Waals surface area contributed by atoms with Crippen LogP contribution in [0.15, 0.2) is 48.5 Å². The normalized spacial score (nSPS) is 19.2. The molecule has 2 saturated heterocycles. The summed E-state index contributed by atoms with van der Waals surface area (Å²) in [7, 11) is 0. The molecule has 29 heavy (non-hydrogen) atoms. The van der Waals surface area contributed by atoms with E-state index in [1.807, 2.05) is 6.07 Å². The Morgan fingerprint density at radius 2 is 1.76 bits per heavy atom. The van der Waals surface area contributed by atoms with Crippen molar-refractivity contribution in [3.05, 3.63) is 54.1 Å². The Hall–Kier alpha value is -3.68. The predicted octanol–water partition coefficient (Wildman–Crippen LogP) is 2.26. The molecule has 0 saturated carbocycles. The first-order chi connectivity index (χ1) is 13.9. The van der Waals surface area contributed by atoms with Gasteiger partial charge in [0, 0.05) is 24.3 Å². The van der Waals surface area contributed by atoms with Crippen LogP contribution in [-0.4, -0.2) is 41.4 Å². The van der Waals surface area contributed by atoms with Crippen molar-refractivity contribution in [2.75, 3.05) is 21.7 Å². The van der Waals surface area contributed by atoms with Crippen molar-refractivity contribution in [1.29, 1.82) is 0 Å². The molecule has 1 unspecified atom stereocenters. The quantitative estimate of drug-likeness (QED) is 0.755. The minimum absolute atomic E-state index is 0.00231. The molecular formula is C21H19N3O5. The van der Waals surface area contributed by atoms with Gasteiger partial charge >= 0.3 is 5.97 Å². The lowest BCUT2D eigenvalue weighted by Crippen LogP contribution is -2.35. The second-order valence-electron chi connectivity index (χ2n) is 7.02. The highest BCUT2D eigenvalue weighted by Gasteiger charge is 2.39. The van der Waals surface area contributed by atoms with Crippen LogP contribution in [0.25, 0.3) is 0 Å². The van der Waals surface area contributed by atoms with E-state index in [-0.39, 0.29) is 23.6 Å². The minimum Gasteiger partial charge on any atom is -0.478 e. The fraction of sp³-hybridized carbons (Fsp3) is 0.238. The summed E-state index contributed by atoms with van der Waals surface area (Å²) >= 11 is 0. The Balaban J connectivity index is 1.53. The highest BCUT2D eigenvalue weighted by molar-refractivity contribution is 6.23. The smallest absolute Gasteiger partial charge is 0.335 e. The van der Waals surface area contributed by atoms with Gasteiger partial charge in [-0.25, -0.2) is 9.69 Å². The Morgan fingerprint density at radius 1 is 1.00 bits per heavy atom. The maximum atomic E-state index is 12.8. The van der Waals surface area contributed by atoms with Gasteiger partial charge in [-0.1, -0.05) is 12.1 Å². The molecule has 2 aliphatic heterocycles. The van der Waals surface area contributed by atoms with Crippen LogP contribution in [0.1, 0.15) is 29.6 Å². The summed E-state index contributed by atoms with van der Waals surface area (Å²) in [5.41, 5.74) is 1.62. The number of nitrogens with zero attached hydrogens (tertiary/aromatic N) is 2. The molecular weight excluding hydrogens is 374 g/mol. The van der Waals surface area contributed by atoms with Gasteiger partial charge in [-0.2, -0.15) is 0 Å². The molecule has 0 bridgehead atoms. The zero-order valence-electron chi connectivity index (χ0n) is 15.5. The summed E-state index contributed by atoms with van der Waals surface area (Å²) in [6.45, 7) is 0.664. The van der Waals surface area contributed by atoms with Gasteiger partial charge in [0.1, 0.15) is 6.04 Å². The molecule has 2 aromatic rings. The summed E-state index contributed by atoms with van der Waals surface area (Å²) < 4.78 is 0. The van der Waals surface area contributed by atoms with E-state index in [9.17, 15) is 19.2 Å². The molecule has 4 rings (SSSR count). The van der Waals surface area contributed by atoms with Crippen molar-refractivity contribution in [3.63, 3.8) is 0 Å². The van der Waals surface area contributed by atoms with Crippen molar-refractivity contribution in [2.45, 2.75) is 25.3 Å². The van der Waals surface area contributed by atoms with E-state index in [0.29, 0.717) is 18.7 Å². The van der Waals surface area contributed by atoms with E-state index in [1.165, 1.54) is 24.3 Å². The highest BCUT2D eigenvalue weighted by Crippen LogP contribution is 2.28. The SMILES string of the molecule is O=C(O)c1cccc(N2C(=O)CC(Nc3cccc(N4CCCC4=O)c3)C2=O)c1. The average Bonchev–Trinajstić information content (AvgIpc) is 3.25. The van der Waals surface area contributed by atoms with Crippen LogP contribution in [0.5, 0.6) is 0 Å². The van der Waals surface area contributed by atoms with Gasteiger partial charge in [-0.3, -0.25) is 14.4 Å². The lowest BCUT2D eigenvalue weighted by atomic mass is 10.2. The third-order valence-corrected chi connectivity index (χ3v) is 5.07. The zero-order valence-corrected chi connectivity index (χ0v) is 15.5. The number of imide groups is 1. The fourth-order valence-electron chi connectivity index (χ4n) is 3.68. The zero-order chi connectivity index (χ0) is 20.5. The second-order valence-corrected chi connectivity index (χ2v) is 7.02. The molecule has 0 aliphatic carbocycles. The van der Waals surface area contributed by atoms with Crippen LogP contribution in [0.4, 0.5) is 17.1 Å². The molecule has 2 heterocycles. The van der Waals surface area contributed by atoms with Gasteiger partial charge in [0.05, 0.1) is 17.7 Å². The molecule has 3 amide bonds. The maximum Gasteiger partial charge on any atom is 0.335 e. The lowest BCUT2D eigenvalue weighted by Gasteiger charge is -2.19. The number of anilines is 3. The third-order valence-electron chi connectivity index (χ3n) is 5.07. The van der Waals surface area contributed by atoms with E-state index in [4.69, 9.17) is 5.11 Å². The number of hydrogen-bond donors (Lipinski definition) is 2. The number of carbonyl (C=O) groups excluding carboxylic acids is 3. The monoisotopic (exact) mass is 393 g/mol. The topological polar surface area (TPSA) is 107 Å². The second kappa shape index (κ2) is 7.38. The Bertz CT molecular complexity index is 1020. The van der Waals surface area contributed by atoms with Crippen molar-refractivity contribution in [3.8, 4) is 0 Å². The number of nitrogens with one attached hydrogen (secondary N) is 1. The molecule has 8 nitrogen and oxygen atoms in total. The number of hydrogen-bond acceptors (Lipinski definition) is 5. The van der Waals surface area contributed by atoms with Crippen LogP contribution in [0, 0.1) is 0 Å². The highest BCUT2D eigenvalue weighted by atomic mass is 16.4. The van der Waals surface area contributed by atoms with Gasteiger partial charge in [0.15, 0.2) is 0 Å². The lowest BCUT2D eigenvalue weighted by molar-refractivity contribution is -0.121. The average molecular weight is 393 g/mol. The molecule has 0 radical (unpaired) electrons. The molecule has 2 aromatic carbocycles. The molecule has 2 aliphatic rings. The van der Waals surface area contributed by atoms with Gasteiger partial charge in [-0.15, -0.1) is 0 Å². The van der Waals surface area contributed by atoms with Crippen molar-refractivity contribution in [2.24, 2.45) is 0 Å². The summed E-state index contributed by atoms with van der Waals surface area (Å²) in [6, 6.07) is 12.2. The first-order valence-corrected chi connectivity index (χ1v) is 9.31. The number of rotatable bonds is 5. The van der Waals surface area contributed by atoms with E-state index in [0.717, 1.165) is 17.0 Å². The largest absolute Gasteiger partial charge is 0.478 e. The third kappa shape index (κ3) is 3.56. The Morgan fingerprint density at radius 3 is 2.48 bits per heavy atom. The number of amides is 3. The van der Waals surface area contributed by atoms with Gasteiger partial charge in [-0.05, 0) is 42.8 Å². The first kappa shape index (κ1) is 18.7. The van der Waals surface area contributed by atoms with Gasteiger partial charge in [0.25, 0.3) is 5.91 Å². The number of carboxylic acid groups (broad SMARTS) is 1. The first-order valence-electron chi connectivity index (χ1n) is 9.31. The van der Waals surface area contributed by atoms with E-state index in [2.05, 4.69) is 5.32 Å². The molecule has 8 heteroatoms. The van der Waals surface area contributed by atoms with Crippen molar-refractivity contribution < 1.29 is 24.3 Å². The molecule has 2 fully saturated rings. The summed E-state index contributed by atoms with van der Waals surface area (Å²) in [5.74, 6) is -1.91. The van der Waals surface area contributed by atoms with Crippen LogP contribution < -0.4 is 15.1 Å². The van der Waals surface area contributed by atoms with E-state index in [1.54, 1.807) is 23.1 Å². The summed E-state index contributed by atoms with van der Waals surface area (Å²) in [4.78, 5) is 51.1. The number of carboxylic acids is 1. The molecule has 2 N–H and O–H groups in total. The van der Waals surface area contributed by atoms with E-state index < -0.39 is 23.8 Å². The molecule has 1 atom stereocenters. The molecule has 0 aromatic heterocycles. The fourth-order valence-corrected chi connectivity index (χ4v) is 3.68. The Kier molecular flexibility index (Phi) is 4.75. The number of carbonyl (C=O) groups is 4. The summed E-state index contributed by atoms with van der Waals surface area (Å²) in [5, 5.41) is 12.2. The van der Waals surface area contributed by atoms with Gasteiger partial charge < -0.3 is 15.3 Å². The molecule has 148 valence electrons. The van der Waals surface area contributed by atoms with Crippen LogP contribution in [0.2, 0.25) is 0 Å². The van der Waals surface area contributed by atoms with Crippen LogP contribution >= 0.6 is 0 Å². The van der Waals surface area contributed by atoms with Gasteiger partial charge in [0.2, 0.25) is 11.8 Å². The predicted molar refractivity (Wildman–Crippen MR) is 106 cm³/mol. The number of benzene rings is 2. The van der Waals surface area contributed by atoms with Crippen molar-refractivity contribution >= 4 is 40.8 Å². The van der Waals surface area contributed by atoms with E-state index >= 15 is 0 Å². The van der Waals surface area contributed by atoms with Crippen molar-refractivity contribution in [1.82, 2.24) is 0 Å². The van der Waals surface area contributed by atoms with Crippen LogP contribution in [0.3, 0.4) is 0 Å². The minimum atomic E-state index is -1.13. The standard InChI is InChI=1S/C21H19N3O5/c25-18-8-3-9-23(18)15-6-2-5-14(11-15)22-17-12-19(26)24(20(17)27)16-7-1-4-13(10-16)21(28)29/h1-2,4-7,10-11,17,22H,3,8-9,12H2,(H,28,29). The molecule has 0 spiro atoms. The maximum absolute atomic E-state index is 12.8. The summed E-state index contributed by atoms with van der Waals surface area (Å²) in [6.07, 6.45) is 1.30. The number of aromatic carboxylic acids is 1. The Labute approximate surface area is 166 Å². The van der Waals surface area contributed by atoms with Crippen LogP contribution in [-0.2, 0) is 14.4 Å².